The number of nitrogens with zero attached hydrogens (tertiary/aromatic N) is 1. The summed E-state index contributed by atoms with van der Waals surface area (Å²) >= 11 is 0. The van der Waals surface area contributed by atoms with Crippen molar-refractivity contribution in [2.45, 2.75) is 32.9 Å². The fraction of sp³-hybridized carbons (Fsp3) is 0.500. The van der Waals surface area contributed by atoms with Crippen LogP contribution >= 0.6 is 0 Å². The van der Waals surface area contributed by atoms with Crippen LogP contribution in [0.15, 0.2) is 24.3 Å². The van der Waals surface area contributed by atoms with Crippen molar-refractivity contribution in [3.05, 3.63) is 35.4 Å². The zero-order chi connectivity index (χ0) is 12.3. The SMILES string of the molecule is CCN(Cc1cccc(C)c1)C1CCNC1=O. The lowest BCUT2D eigenvalue weighted by Gasteiger charge is -2.25. The molecule has 0 saturated carbocycles. The first kappa shape index (κ1) is 12.1. The second-order valence-electron chi connectivity index (χ2n) is 4.65. The molecule has 0 spiro atoms. The molecule has 1 saturated heterocycles. The van der Waals surface area contributed by atoms with Crippen molar-refractivity contribution < 1.29 is 4.79 Å². The summed E-state index contributed by atoms with van der Waals surface area (Å²) in [5.41, 5.74) is 2.56. The van der Waals surface area contributed by atoms with E-state index in [2.05, 4.69) is 48.3 Å². The topological polar surface area (TPSA) is 32.3 Å². The average molecular weight is 232 g/mol. The number of hydrogen-bond acceptors (Lipinski definition) is 2. The van der Waals surface area contributed by atoms with Crippen LogP contribution in [0.1, 0.15) is 24.5 Å². The van der Waals surface area contributed by atoms with Gasteiger partial charge in [0.05, 0.1) is 6.04 Å². The average Bonchev–Trinajstić information content (AvgIpc) is 2.72. The Bertz CT molecular complexity index is 403. The van der Waals surface area contributed by atoms with Crippen molar-refractivity contribution >= 4 is 5.91 Å². The van der Waals surface area contributed by atoms with Gasteiger partial charge in [-0.2, -0.15) is 0 Å². The maximum absolute atomic E-state index is 11.7. The Morgan fingerprint density at radius 1 is 1.47 bits per heavy atom. The van der Waals surface area contributed by atoms with Crippen molar-refractivity contribution in [2.75, 3.05) is 13.1 Å². The molecule has 1 aromatic carbocycles. The summed E-state index contributed by atoms with van der Waals surface area (Å²) in [5, 5.41) is 2.90. The Kier molecular flexibility index (Phi) is 3.79. The van der Waals surface area contributed by atoms with E-state index in [9.17, 15) is 4.79 Å². The fourth-order valence-electron chi connectivity index (χ4n) is 2.42. The van der Waals surface area contributed by atoms with Crippen LogP contribution < -0.4 is 5.32 Å². The molecule has 0 radical (unpaired) electrons. The van der Waals surface area contributed by atoms with Gasteiger partial charge in [0.2, 0.25) is 5.91 Å². The molecule has 1 unspecified atom stereocenters. The van der Waals surface area contributed by atoms with E-state index < -0.39 is 0 Å². The number of aryl methyl sites for hydroxylation is 1. The molecule has 1 aliphatic heterocycles. The van der Waals surface area contributed by atoms with E-state index >= 15 is 0 Å². The lowest BCUT2D eigenvalue weighted by Crippen LogP contribution is -2.40. The molecule has 0 aliphatic carbocycles. The molecule has 1 fully saturated rings. The van der Waals surface area contributed by atoms with Gasteiger partial charge in [0, 0.05) is 13.1 Å². The van der Waals surface area contributed by atoms with Gasteiger partial charge in [0.25, 0.3) is 0 Å². The van der Waals surface area contributed by atoms with Gasteiger partial charge in [0.15, 0.2) is 0 Å². The lowest BCUT2D eigenvalue weighted by atomic mass is 10.1. The number of carbonyl (C=O) groups is 1. The normalized spacial score (nSPS) is 19.7. The number of hydrogen-bond donors (Lipinski definition) is 1. The summed E-state index contributed by atoms with van der Waals surface area (Å²) in [6.45, 7) is 6.79. The van der Waals surface area contributed by atoms with E-state index in [4.69, 9.17) is 0 Å². The third kappa shape index (κ3) is 2.86. The summed E-state index contributed by atoms with van der Waals surface area (Å²) in [4.78, 5) is 13.9. The first-order valence-electron chi connectivity index (χ1n) is 6.28. The molecular weight excluding hydrogens is 212 g/mol. The molecule has 0 bridgehead atoms. The summed E-state index contributed by atoms with van der Waals surface area (Å²) in [5.74, 6) is 0.180. The highest BCUT2D eigenvalue weighted by atomic mass is 16.2. The van der Waals surface area contributed by atoms with Crippen LogP contribution in [0.4, 0.5) is 0 Å². The van der Waals surface area contributed by atoms with Gasteiger partial charge in [-0.05, 0) is 25.5 Å². The summed E-state index contributed by atoms with van der Waals surface area (Å²) in [6.07, 6.45) is 0.929. The first-order valence-corrected chi connectivity index (χ1v) is 6.28. The van der Waals surface area contributed by atoms with Crippen LogP contribution in [-0.2, 0) is 11.3 Å². The van der Waals surface area contributed by atoms with Gasteiger partial charge in [-0.3, -0.25) is 9.69 Å². The molecular formula is C14H20N2O. The minimum absolute atomic E-state index is 0.0560. The van der Waals surface area contributed by atoms with E-state index in [0.29, 0.717) is 0 Å². The Labute approximate surface area is 103 Å². The molecule has 1 N–H and O–H groups in total. The summed E-state index contributed by atoms with van der Waals surface area (Å²) in [6, 6.07) is 8.55. The summed E-state index contributed by atoms with van der Waals surface area (Å²) in [7, 11) is 0. The smallest absolute Gasteiger partial charge is 0.237 e. The van der Waals surface area contributed by atoms with Gasteiger partial charge < -0.3 is 5.32 Å². The number of rotatable bonds is 4. The molecule has 17 heavy (non-hydrogen) atoms. The molecule has 2 rings (SSSR count). The van der Waals surface area contributed by atoms with E-state index in [1.807, 2.05) is 0 Å². The van der Waals surface area contributed by atoms with Crippen molar-refractivity contribution in [2.24, 2.45) is 0 Å². The number of nitrogens with one attached hydrogen (secondary N) is 1. The highest BCUT2D eigenvalue weighted by molar-refractivity contribution is 5.83. The van der Waals surface area contributed by atoms with Crippen LogP contribution in [0.2, 0.25) is 0 Å². The van der Waals surface area contributed by atoms with E-state index in [1.165, 1.54) is 11.1 Å². The minimum atomic E-state index is 0.0560. The zero-order valence-corrected chi connectivity index (χ0v) is 10.6. The van der Waals surface area contributed by atoms with Gasteiger partial charge in [-0.25, -0.2) is 0 Å². The molecule has 1 aliphatic rings. The standard InChI is InChI=1S/C14H20N2O/c1-3-16(13-7-8-15-14(13)17)10-12-6-4-5-11(2)9-12/h4-6,9,13H,3,7-8,10H2,1-2H3,(H,15,17). The van der Waals surface area contributed by atoms with Gasteiger partial charge in [0.1, 0.15) is 0 Å². The number of amides is 1. The largest absolute Gasteiger partial charge is 0.355 e. The molecule has 1 aromatic rings. The Hall–Kier alpha value is -1.35. The maximum atomic E-state index is 11.7. The lowest BCUT2D eigenvalue weighted by molar-refractivity contribution is -0.123. The predicted octanol–water partition coefficient (Wildman–Crippen LogP) is 1.71. The highest BCUT2D eigenvalue weighted by Crippen LogP contribution is 2.14. The van der Waals surface area contributed by atoms with Crippen LogP contribution in [0.25, 0.3) is 0 Å². The molecule has 3 nitrogen and oxygen atoms in total. The quantitative estimate of drug-likeness (QED) is 0.857. The van der Waals surface area contributed by atoms with Crippen molar-refractivity contribution in [1.29, 1.82) is 0 Å². The molecule has 92 valence electrons. The zero-order valence-electron chi connectivity index (χ0n) is 10.6. The van der Waals surface area contributed by atoms with E-state index in [0.717, 1.165) is 26.1 Å². The van der Waals surface area contributed by atoms with Crippen molar-refractivity contribution in [3.8, 4) is 0 Å². The Balaban J connectivity index is 2.07. The predicted molar refractivity (Wildman–Crippen MR) is 68.7 cm³/mol. The Morgan fingerprint density at radius 3 is 2.88 bits per heavy atom. The highest BCUT2D eigenvalue weighted by Gasteiger charge is 2.29. The van der Waals surface area contributed by atoms with Crippen LogP contribution in [0.5, 0.6) is 0 Å². The summed E-state index contributed by atoms with van der Waals surface area (Å²) < 4.78 is 0. The molecule has 1 atom stereocenters. The fourth-order valence-corrected chi connectivity index (χ4v) is 2.42. The number of benzene rings is 1. The van der Waals surface area contributed by atoms with Gasteiger partial charge >= 0.3 is 0 Å². The maximum Gasteiger partial charge on any atom is 0.237 e. The van der Waals surface area contributed by atoms with Gasteiger partial charge in [-0.15, -0.1) is 0 Å². The molecule has 1 amide bonds. The van der Waals surface area contributed by atoms with E-state index in [1.54, 1.807) is 0 Å². The second-order valence-corrected chi connectivity index (χ2v) is 4.65. The third-order valence-electron chi connectivity index (χ3n) is 3.33. The van der Waals surface area contributed by atoms with Crippen LogP contribution in [-0.4, -0.2) is 29.9 Å². The molecule has 0 aromatic heterocycles. The molecule has 3 heteroatoms. The Morgan fingerprint density at radius 2 is 2.29 bits per heavy atom. The second kappa shape index (κ2) is 5.32. The van der Waals surface area contributed by atoms with Crippen LogP contribution in [0.3, 0.4) is 0 Å². The number of likely N-dealkylation sites (N-methyl/N-ethyl adjacent to an activating group) is 1. The van der Waals surface area contributed by atoms with Crippen LogP contribution in [0, 0.1) is 6.92 Å². The van der Waals surface area contributed by atoms with Crippen molar-refractivity contribution in [3.63, 3.8) is 0 Å². The van der Waals surface area contributed by atoms with Gasteiger partial charge in [-0.1, -0.05) is 36.8 Å². The minimum Gasteiger partial charge on any atom is -0.355 e. The number of carbonyl (C=O) groups excluding carboxylic acids is 1. The van der Waals surface area contributed by atoms with E-state index in [-0.39, 0.29) is 11.9 Å². The molecule has 1 heterocycles. The monoisotopic (exact) mass is 232 g/mol. The third-order valence-corrected chi connectivity index (χ3v) is 3.33. The van der Waals surface area contributed by atoms with Crippen molar-refractivity contribution in [1.82, 2.24) is 10.2 Å². The first-order chi connectivity index (χ1) is 8.20.